The minimum absolute atomic E-state index is 0.124. The van der Waals surface area contributed by atoms with E-state index >= 15 is 0 Å². The summed E-state index contributed by atoms with van der Waals surface area (Å²) in [6.07, 6.45) is 0. The van der Waals surface area contributed by atoms with Gasteiger partial charge in [0.05, 0.1) is 4.92 Å². The highest BCUT2D eigenvalue weighted by Crippen LogP contribution is 2.46. The molecule has 3 rings (SSSR count). The first-order valence-corrected chi connectivity index (χ1v) is 6.38. The van der Waals surface area contributed by atoms with E-state index in [-0.39, 0.29) is 16.0 Å². The van der Waals surface area contributed by atoms with Crippen LogP contribution in [0, 0.1) is 10.1 Å². The summed E-state index contributed by atoms with van der Waals surface area (Å²) in [5.74, 6) is 0. The highest BCUT2D eigenvalue weighted by Gasteiger charge is 2.22. The Morgan fingerprint density at radius 1 is 1.11 bits per heavy atom. The van der Waals surface area contributed by atoms with Crippen LogP contribution in [0.5, 0.6) is 0 Å². The molecule has 1 unspecified atom stereocenters. The summed E-state index contributed by atoms with van der Waals surface area (Å²) >= 11 is 1.72. The van der Waals surface area contributed by atoms with Gasteiger partial charge in [0.2, 0.25) is 0 Å². The summed E-state index contributed by atoms with van der Waals surface area (Å²) in [5.41, 5.74) is 2.28. The largest absolute Gasteiger partial charge is 0.368 e. The molecule has 1 aliphatic rings. The highest BCUT2D eigenvalue weighted by atomic mass is 32.2. The van der Waals surface area contributed by atoms with Crippen LogP contribution in [0.2, 0.25) is 0 Å². The lowest BCUT2D eigenvalue weighted by molar-refractivity contribution is -0.384. The molecule has 5 heteroatoms. The number of nitro benzene ring substituents is 1. The fourth-order valence-electron chi connectivity index (χ4n) is 1.91. The first-order valence-electron chi connectivity index (χ1n) is 5.50. The molecular weight excluding hydrogens is 248 g/mol. The second kappa shape index (κ2) is 4.34. The summed E-state index contributed by atoms with van der Waals surface area (Å²) in [6.45, 7) is 0. The van der Waals surface area contributed by atoms with Gasteiger partial charge in [-0.15, -0.1) is 0 Å². The number of thioether (sulfide) groups is 1. The van der Waals surface area contributed by atoms with Gasteiger partial charge in [-0.3, -0.25) is 10.1 Å². The molecule has 1 N–H and O–H groups in total. The molecule has 1 atom stereocenters. The predicted octanol–water partition coefficient (Wildman–Crippen LogP) is 3.81. The summed E-state index contributed by atoms with van der Waals surface area (Å²) < 4.78 is 0. The zero-order valence-electron chi connectivity index (χ0n) is 9.37. The van der Waals surface area contributed by atoms with E-state index in [1.165, 1.54) is 4.90 Å². The Kier molecular flexibility index (Phi) is 2.68. The van der Waals surface area contributed by atoms with Crippen molar-refractivity contribution in [1.82, 2.24) is 0 Å². The van der Waals surface area contributed by atoms with Gasteiger partial charge < -0.3 is 5.32 Å². The topological polar surface area (TPSA) is 55.2 Å². The third kappa shape index (κ3) is 1.93. The van der Waals surface area contributed by atoms with Crippen molar-refractivity contribution < 1.29 is 4.92 Å². The Hall–Kier alpha value is -2.01. The van der Waals surface area contributed by atoms with Gasteiger partial charge >= 0.3 is 0 Å². The lowest BCUT2D eigenvalue weighted by Crippen LogP contribution is -2.01. The summed E-state index contributed by atoms with van der Waals surface area (Å²) in [5, 5.41) is 14.1. The van der Waals surface area contributed by atoms with Crippen molar-refractivity contribution in [3.63, 3.8) is 0 Å². The Bertz CT molecular complexity index is 573. The number of para-hydroxylation sites is 1. The molecule has 0 bridgehead atoms. The van der Waals surface area contributed by atoms with Crippen LogP contribution in [0.4, 0.5) is 11.4 Å². The number of fused-ring (bicyclic) bond motifs is 1. The Labute approximate surface area is 108 Å². The van der Waals surface area contributed by atoms with Gasteiger partial charge in [0.15, 0.2) is 0 Å². The summed E-state index contributed by atoms with van der Waals surface area (Å²) in [4.78, 5) is 11.4. The third-order valence-electron chi connectivity index (χ3n) is 2.83. The molecule has 2 aromatic rings. The molecular formula is C13H10N2O2S. The smallest absolute Gasteiger partial charge is 0.269 e. The van der Waals surface area contributed by atoms with Gasteiger partial charge in [-0.1, -0.05) is 23.9 Å². The molecule has 18 heavy (non-hydrogen) atoms. The van der Waals surface area contributed by atoms with Crippen molar-refractivity contribution in [1.29, 1.82) is 0 Å². The molecule has 1 aliphatic heterocycles. The fraction of sp³-hybridized carbons (Fsp3) is 0.0769. The van der Waals surface area contributed by atoms with E-state index in [0.29, 0.717) is 0 Å². The van der Waals surface area contributed by atoms with Crippen molar-refractivity contribution >= 4 is 23.1 Å². The van der Waals surface area contributed by atoms with Crippen LogP contribution in [0.3, 0.4) is 0 Å². The highest BCUT2D eigenvalue weighted by molar-refractivity contribution is 8.00. The molecule has 0 radical (unpaired) electrons. The van der Waals surface area contributed by atoms with Crippen LogP contribution in [-0.2, 0) is 0 Å². The van der Waals surface area contributed by atoms with E-state index in [9.17, 15) is 10.1 Å². The maximum Gasteiger partial charge on any atom is 0.269 e. The number of non-ortho nitro benzene ring substituents is 1. The predicted molar refractivity (Wildman–Crippen MR) is 71.8 cm³/mol. The molecule has 0 saturated carbocycles. The number of benzene rings is 2. The van der Waals surface area contributed by atoms with E-state index in [2.05, 4.69) is 11.4 Å². The average molecular weight is 258 g/mol. The van der Waals surface area contributed by atoms with Gasteiger partial charge in [0, 0.05) is 22.7 Å². The van der Waals surface area contributed by atoms with Crippen molar-refractivity contribution in [2.75, 3.05) is 5.32 Å². The van der Waals surface area contributed by atoms with E-state index in [0.717, 1.165) is 11.3 Å². The van der Waals surface area contributed by atoms with E-state index in [1.54, 1.807) is 36.0 Å². The van der Waals surface area contributed by atoms with Gasteiger partial charge in [-0.2, -0.15) is 0 Å². The number of hydrogen-bond acceptors (Lipinski definition) is 4. The Morgan fingerprint density at radius 2 is 1.83 bits per heavy atom. The van der Waals surface area contributed by atoms with Crippen LogP contribution in [0.1, 0.15) is 10.9 Å². The van der Waals surface area contributed by atoms with E-state index in [4.69, 9.17) is 0 Å². The molecule has 0 aromatic heterocycles. The number of rotatable bonds is 2. The minimum Gasteiger partial charge on any atom is -0.368 e. The molecule has 0 saturated heterocycles. The van der Waals surface area contributed by atoms with Gasteiger partial charge in [0.1, 0.15) is 5.37 Å². The molecule has 2 aromatic carbocycles. The average Bonchev–Trinajstić information content (AvgIpc) is 2.82. The fourth-order valence-corrected chi connectivity index (χ4v) is 3.05. The minimum atomic E-state index is -0.381. The standard InChI is InChI=1S/C13H10N2O2S/c16-15(17)10-7-5-9(6-8-10)13-14-11-3-1-2-4-12(11)18-13/h1-8,13-14H. The van der Waals surface area contributed by atoms with E-state index in [1.807, 2.05) is 18.2 Å². The van der Waals surface area contributed by atoms with Crippen LogP contribution >= 0.6 is 11.8 Å². The number of nitrogens with one attached hydrogen (secondary N) is 1. The third-order valence-corrected chi connectivity index (χ3v) is 4.06. The normalized spacial score (nSPS) is 17.0. The van der Waals surface area contributed by atoms with E-state index < -0.39 is 0 Å². The maximum absolute atomic E-state index is 10.6. The quantitative estimate of drug-likeness (QED) is 0.657. The molecule has 0 amide bonds. The summed E-state index contributed by atoms with van der Waals surface area (Å²) in [7, 11) is 0. The molecule has 0 spiro atoms. The van der Waals surface area contributed by atoms with Crippen molar-refractivity contribution in [2.24, 2.45) is 0 Å². The van der Waals surface area contributed by atoms with Gasteiger partial charge in [0.25, 0.3) is 5.69 Å². The monoisotopic (exact) mass is 258 g/mol. The molecule has 0 fully saturated rings. The first-order chi connectivity index (χ1) is 8.74. The molecule has 90 valence electrons. The van der Waals surface area contributed by atoms with Crippen LogP contribution in [0.25, 0.3) is 0 Å². The van der Waals surface area contributed by atoms with Crippen molar-refractivity contribution in [2.45, 2.75) is 10.3 Å². The van der Waals surface area contributed by atoms with Crippen molar-refractivity contribution in [3.8, 4) is 0 Å². The molecule has 0 aliphatic carbocycles. The zero-order valence-corrected chi connectivity index (χ0v) is 10.2. The maximum atomic E-state index is 10.6. The lowest BCUT2D eigenvalue weighted by Gasteiger charge is -2.10. The SMILES string of the molecule is O=[N+]([O-])c1ccc(C2Nc3ccccc3S2)cc1. The number of nitrogens with zero attached hydrogens (tertiary/aromatic N) is 1. The second-order valence-corrected chi connectivity index (χ2v) is 5.13. The first kappa shape index (κ1) is 11.1. The Morgan fingerprint density at radius 3 is 2.50 bits per heavy atom. The van der Waals surface area contributed by atoms with Gasteiger partial charge in [-0.25, -0.2) is 0 Å². The Balaban J connectivity index is 1.84. The van der Waals surface area contributed by atoms with Crippen molar-refractivity contribution in [3.05, 3.63) is 64.2 Å². The molecule has 1 heterocycles. The van der Waals surface area contributed by atoms with Crippen LogP contribution in [-0.4, -0.2) is 4.92 Å². The zero-order chi connectivity index (χ0) is 12.5. The number of hydrogen-bond donors (Lipinski definition) is 1. The second-order valence-electron chi connectivity index (χ2n) is 3.99. The van der Waals surface area contributed by atoms with Crippen LogP contribution < -0.4 is 5.32 Å². The lowest BCUT2D eigenvalue weighted by atomic mass is 10.2. The number of anilines is 1. The molecule has 4 nitrogen and oxygen atoms in total. The van der Waals surface area contributed by atoms with Crippen LogP contribution in [0.15, 0.2) is 53.4 Å². The summed E-state index contributed by atoms with van der Waals surface area (Å²) in [6, 6.07) is 14.8. The van der Waals surface area contributed by atoms with Gasteiger partial charge in [-0.05, 0) is 29.8 Å². The number of nitro groups is 1.